The van der Waals surface area contributed by atoms with Crippen molar-refractivity contribution in [3.05, 3.63) is 71.8 Å². The summed E-state index contributed by atoms with van der Waals surface area (Å²) in [4.78, 5) is 18.1. The first-order chi connectivity index (χ1) is 11.3. The third kappa shape index (κ3) is 4.83. The molecule has 23 heavy (non-hydrogen) atoms. The molecule has 0 aliphatic rings. The molecule has 2 rings (SSSR count). The molecule has 0 fully saturated rings. The van der Waals surface area contributed by atoms with E-state index in [4.69, 9.17) is 9.57 Å². The molecule has 2 aromatic rings. The maximum Gasteiger partial charge on any atom is 0.433 e. The van der Waals surface area contributed by atoms with Gasteiger partial charge in [0.15, 0.2) is 0 Å². The quantitative estimate of drug-likeness (QED) is 0.703. The number of ether oxygens (including phenoxy) is 1. The molecule has 0 unspecified atom stereocenters. The van der Waals surface area contributed by atoms with Gasteiger partial charge in [-0.1, -0.05) is 67.6 Å². The lowest BCUT2D eigenvalue weighted by Crippen LogP contribution is -2.34. The third-order valence-electron chi connectivity index (χ3n) is 3.34. The van der Waals surface area contributed by atoms with E-state index in [1.807, 2.05) is 67.6 Å². The molecule has 2 aromatic carbocycles. The van der Waals surface area contributed by atoms with Gasteiger partial charge in [0.1, 0.15) is 6.10 Å². The summed E-state index contributed by atoms with van der Waals surface area (Å²) in [6.45, 7) is 4.59. The number of hydrogen-bond donors (Lipinski definition) is 0. The number of benzene rings is 2. The summed E-state index contributed by atoms with van der Waals surface area (Å²) in [6.07, 6.45) is -0.0191. The van der Waals surface area contributed by atoms with E-state index in [-0.39, 0.29) is 6.10 Å². The Kier molecular flexibility index (Phi) is 6.63. The highest BCUT2D eigenvalue weighted by Crippen LogP contribution is 2.27. The molecule has 4 nitrogen and oxygen atoms in total. The summed E-state index contributed by atoms with van der Waals surface area (Å²) in [7, 11) is 0. The number of carbonyl (C=O) groups excluding carboxylic acids is 1. The van der Waals surface area contributed by atoms with Crippen molar-refractivity contribution >= 4 is 6.09 Å². The topological polar surface area (TPSA) is 38.8 Å². The van der Waals surface area contributed by atoms with Crippen LogP contribution in [0.4, 0.5) is 4.79 Å². The molecule has 0 bridgehead atoms. The monoisotopic (exact) mass is 313 g/mol. The minimum Gasteiger partial charge on any atom is -0.448 e. The van der Waals surface area contributed by atoms with Gasteiger partial charge < -0.3 is 4.74 Å². The summed E-state index contributed by atoms with van der Waals surface area (Å²) in [6, 6.07) is 19.7. The highest BCUT2D eigenvalue weighted by Gasteiger charge is 2.23. The van der Waals surface area contributed by atoms with Crippen molar-refractivity contribution in [2.75, 3.05) is 13.2 Å². The largest absolute Gasteiger partial charge is 0.448 e. The molecule has 0 N–H and O–H groups in total. The Labute approximate surface area is 137 Å². The van der Waals surface area contributed by atoms with Crippen LogP contribution in [0.1, 0.15) is 37.5 Å². The summed E-state index contributed by atoms with van der Waals surface area (Å²) < 4.78 is 5.09. The Morgan fingerprint density at radius 3 is 1.91 bits per heavy atom. The molecule has 122 valence electrons. The van der Waals surface area contributed by atoms with Crippen molar-refractivity contribution in [1.29, 1.82) is 0 Å². The lowest BCUT2D eigenvalue weighted by molar-refractivity contribution is -0.164. The number of rotatable bonds is 7. The summed E-state index contributed by atoms with van der Waals surface area (Å²) in [5.74, 6) is 0. The average Bonchev–Trinajstić information content (AvgIpc) is 2.60. The summed E-state index contributed by atoms with van der Waals surface area (Å²) in [5.41, 5.74) is 1.98. The smallest absolute Gasteiger partial charge is 0.433 e. The SMILES string of the molecule is CCCN(OC(c1ccccc1)c1ccccc1)C(=O)OCC. The van der Waals surface area contributed by atoms with Crippen LogP contribution in [-0.2, 0) is 9.57 Å². The lowest BCUT2D eigenvalue weighted by Gasteiger charge is -2.27. The van der Waals surface area contributed by atoms with Crippen LogP contribution in [0.5, 0.6) is 0 Å². The van der Waals surface area contributed by atoms with E-state index in [0.717, 1.165) is 17.5 Å². The first kappa shape index (κ1) is 17.0. The lowest BCUT2D eigenvalue weighted by atomic mass is 10.0. The number of carbonyl (C=O) groups is 1. The molecule has 0 spiro atoms. The molecule has 1 amide bonds. The number of hydroxylamine groups is 2. The van der Waals surface area contributed by atoms with Gasteiger partial charge in [0, 0.05) is 0 Å². The highest BCUT2D eigenvalue weighted by molar-refractivity contribution is 5.66. The van der Waals surface area contributed by atoms with E-state index in [2.05, 4.69) is 0 Å². The Bertz CT molecular complexity index is 547. The number of hydrogen-bond acceptors (Lipinski definition) is 3. The van der Waals surface area contributed by atoms with Gasteiger partial charge in [-0.3, -0.25) is 4.84 Å². The molecular formula is C19H23NO3. The fourth-order valence-electron chi connectivity index (χ4n) is 2.28. The van der Waals surface area contributed by atoms with E-state index in [1.165, 1.54) is 5.06 Å². The minimum atomic E-state index is -0.453. The van der Waals surface area contributed by atoms with Gasteiger partial charge in [0.2, 0.25) is 0 Å². The van der Waals surface area contributed by atoms with Gasteiger partial charge in [-0.15, -0.1) is 0 Å². The molecule has 0 saturated carbocycles. The van der Waals surface area contributed by atoms with Gasteiger partial charge in [0.25, 0.3) is 0 Å². The van der Waals surface area contributed by atoms with Gasteiger partial charge in [-0.05, 0) is 24.5 Å². The van der Waals surface area contributed by atoms with Crippen LogP contribution in [0.2, 0.25) is 0 Å². The molecule has 4 heteroatoms. The van der Waals surface area contributed by atoms with Crippen molar-refractivity contribution in [3.63, 3.8) is 0 Å². The van der Waals surface area contributed by atoms with Crippen LogP contribution in [0, 0.1) is 0 Å². The van der Waals surface area contributed by atoms with Gasteiger partial charge >= 0.3 is 6.09 Å². The normalized spacial score (nSPS) is 10.6. The first-order valence-electron chi connectivity index (χ1n) is 7.97. The minimum absolute atomic E-state index is 0.323. The first-order valence-corrected chi connectivity index (χ1v) is 7.97. The second-order valence-corrected chi connectivity index (χ2v) is 5.11. The summed E-state index contributed by atoms with van der Waals surface area (Å²) in [5, 5.41) is 1.31. The van der Waals surface area contributed by atoms with Crippen molar-refractivity contribution in [2.45, 2.75) is 26.4 Å². The second kappa shape index (κ2) is 8.96. The fourth-order valence-corrected chi connectivity index (χ4v) is 2.28. The van der Waals surface area contributed by atoms with Crippen LogP contribution in [0.3, 0.4) is 0 Å². The Morgan fingerprint density at radius 1 is 0.957 bits per heavy atom. The van der Waals surface area contributed by atoms with Crippen LogP contribution in [-0.4, -0.2) is 24.3 Å². The maximum atomic E-state index is 12.1. The van der Waals surface area contributed by atoms with Gasteiger partial charge in [-0.2, -0.15) is 5.06 Å². The van der Waals surface area contributed by atoms with Crippen LogP contribution in [0.15, 0.2) is 60.7 Å². The van der Waals surface area contributed by atoms with Crippen molar-refractivity contribution in [2.24, 2.45) is 0 Å². The standard InChI is InChI=1S/C19H23NO3/c1-3-15-20(19(21)22-4-2)23-18(16-11-7-5-8-12-16)17-13-9-6-10-14-17/h5-14,18H,3-4,15H2,1-2H3. The van der Waals surface area contributed by atoms with Crippen molar-refractivity contribution < 1.29 is 14.4 Å². The molecule has 0 atom stereocenters. The van der Waals surface area contributed by atoms with E-state index in [0.29, 0.717) is 13.2 Å². The van der Waals surface area contributed by atoms with E-state index < -0.39 is 6.09 Å². The second-order valence-electron chi connectivity index (χ2n) is 5.11. The van der Waals surface area contributed by atoms with Crippen molar-refractivity contribution in [1.82, 2.24) is 5.06 Å². The Hall–Kier alpha value is -2.33. The van der Waals surface area contributed by atoms with Crippen LogP contribution in [0.25, 0.3) is 0 Å². The number of amides is 1. The maximum absolute atomic E-state index is 12.1. The summed E-state index contributed by atoms with van der Waals surface area (Å²) >= 11 is 0. The molecule has 0 radical (unpaired) electrons. The predicted molar refractivity (Wildman–Crippen MR) is 89.8 cm³/mol. The zero-order valence-electron chi connectivity index (χ0n) is 13.6. The molecule has 0 aliphatic heterocycles. The molecule has 0 heterocycles. The van der Waals surface area contributed by atoms with Crippen LogP contribution < -0.4 is 0 Å². The number of nitrogens with zero attached hydrogens (tertiary/aromatic N) is 1. The van der Waals surface area contributed by atoms with E-state index in [1.54, 1.807) is 6.92 Å². The molecule has 0 aliphatic carbocycles. The predicted octanol–water partition coefficient (Wildman–Crippen LogP) is 4.58. The van der Waals surface area contributed by atoms with E-state index in [9.17, 15) is 4.79 Å². The average molecular weight is 313 g/mol. The highest BCUT2D eigenvalue weighted by atomic mass is 16.7. The third-order valence-corrected chi connectivity index (χ3v) is 3.34. The Balaban J connectivity index is 2.28. The van der Waals surface area contributed by atoms with Gasteiger partial charge in [0.05, 0.1) is 13.2 Å². The molecular weight excluding hydrogens is 290 g/mol. The zero-order valence-corrected chi connectivity index (χ0v) is 13.6. The van der Waals surface area contributed by atoms with Gasteiger partial charge in [-0.25, -0.2) is 4.79 Å². The Morgan fingerprint density at radius 2 is 1.48 bits per heavy atom. The van der Waals surface area contributed by atoms with E-state index >= 15 is 0 Å². The van der Waals surface area contributed by atoms with Crippen molar-refractivity contribution in [3.8, 4) is 0 Å². The fraction of sp³-hybridized carbons (Fsp3) is 0.316. The zero-order chi connectivity index (χ0) is 16.5. The molecule has 0 aromatic heterocycles. The van der Waals surface area contributed by atoms with Crippen LogP contribution >= 0.6 is 0 Å². The molecule has 0 saturated heterocycles.